The fraction of sp³-hybridized carbons (Fsp3) is 0. The third-order valence-electron chi connectivity index (χ3n) is 2.80. The van der Waals surface area contributed by atoms with Crippen LogP contribution in [-0.4, -0.2) is 8.94 Å². The van der Waals surface area contributed by atoms with Gasteiger partial charge in [0.2, 0.25) is 4.80 Å². The first kappa shape index (κ1) is 14.9. The summed E-state index contributed by atoms with van der Waals surface area (Å²) in [5, 5.41) is 0. The molecule has 0 saturated carbocycles. The lowest BCUT2D eigenvalue weighted by Gasteiger charge is -2.21. The fourth-order valence-electron chi connectivity index (χ4n) is 1.93. The first-order valence-corrected chi connectivity index (χ1v) is 8.59. The highest BCUT2D eigenvalue weighted by molar-refractivity contribution is 7.47. The van der Waals surface area contributed by atoms with Crippen molar-refractivity contribution in [3.05, 3.63) is 65.5 Å². The lowest BCUT2D eigenvalue weighted by molar-refractivity contribution is -0.313. The number of para-hydroxylation sites is 1. The Morgan fingerprint density at radius 2 is 1.59 bits per heavy atom. The van der Waals surface area contributed by atoms with Crippen molar-refractivity contribution < 1.29 is 14.4 Å². The quantitative estimate of drug-likeness (QED) is 0.677. The van der Waals surface area contributed by atoms with Crippen LogP contribution in [0, 0.1) is 0 Å². The van der Waals surface area contributed by atoms with Crippen LogP contribution in [0.2, 0.25) is 0 Å². The van der Waals surface area contributed by atoms with Gasteiger partial charge in [0, 0.05) is 5.56 Å². The molecule has 1 heterocycles. The van der Waals surface area contributed by atoms with Crippen LogP contribution >= 0.6 is 19.3 Å². The topological polar surface area (TPSA) is 93.4 Å². The largest absolute Gasteiger partial charge is 0.793 e. The maximum absolute atomic E-state index is 10.9. The van der Waals surface area contributed by atoms with Gasteiger partial charge in [-0.1, -0.05) is 48.5 Å². The number of aromatic nitrogens is 2. The molecule has 0 N–H and O–H groups in total. The van der Waals surface area contributed by atoms with E-state index >= 15 is 0 Å². The van der Waals surface area contributed by atoms with E-state index < -0.39 is 7.75 Å². The summed E-state index contributed by atoms with van der Waals surface area (Å²) < 4.78 is 15.8. The summed E-state index contributed by atoms with van der Waals surface area (Å²) in [5.74, 6) is 0.531. The maximum atomic E-state index is 10.9. The van der Waals surface area contributed by atoms with Crippen molar-refractivity contribution in [2.75, 3.05) is 0 Å². The predicted molar refractivity (Wildman–Crippen MR) is 80.0 cm³/mol. The van der Waals surface area contributed by atoms with Crippen LogP contribution in [0.1, 0.15) is 0 Å². The molecule has 0 bridgehead atoms. The van der Waals surface area contributed by atoms with E-state index in [2.05, 4.69) is 9.75 Å². The summed E-state index contributed by atoms with van der Waals surface area (Å²) in [6, 6.07) is 18.6. The zero-order valence-corrected chi connectivity index (χ0v) is 12.9. The average Bonchev–Trinajstić information content (AvgIpc) is 2.91. The molecule has 0 unspecified atom stereocenters. The normalized spacial score (nSPS) is 12.5. The van der Waals surface area contributed by atoms with E-state index in [0.29, 0.717) is 5.82 Å². The number of hydrogen-bond acceptors (Lipinski definition) is 5. The molecule has 0 spiro atoms. The molecule has 3 aromatic rings. The molecule has 6 nitrogen and oxygen atoms in total. The standard InChI is InChI=1S/C14H12N3O3PS/c18-21(19,20)16-14-15-13(11-7-3-1-4-8-11)17(22-14)12-9-5-2-6-10-12/h1-10H,(H2,18,19,20)/p-2. The smallest absolute Gasteiger partial charge is 0.227 e. The maximum Gasteiger partial charge on any atom is 0.227 e. The highest BCUT2D eigenvalue weighted by Gasteiger charge is 2.10. The van der Waals surface area contributed by atoms with E-state index in [1.807, 2.05) is 60.7 Å². The summed E-state index contributed by atoms with van der Waals surface area (Å²) >= 11 is 1.00. The molecule has 1 aromatic heterocycles. The van der Waals surface area contributed by atoms with Gasteiger partial charge in [-0.3, -0.25) is 0 Å². The van der Waals surface area contributed by atoms with Crippen molar-refractivity contribution in [3.63, 3.8) is 0 Å². The van der Waals surface area contributed by atoms with Gasteiger partial charge < -0.3 is 14.4 Å². The molecule has 112 valence electrons. The molecule has 0 aliphatic rings. The Labute approximate surface area is 130 Å². The Kier molecular flexibility index (Phi) is 4.04. The zero-order valence-electron chi connectivity index (χ0n) is 11.2. The van der Waals surface area contributed by atoms with Crippen molar-refractivity contribution in [3.8, 4) is 17.1 Å². The van der Waals surface area contributed by atoms with Gasteiger partial charge in [-0.05, 0) is 23.7 Å². The van der Waals surface area contributed by atoms with Crippen molar-refractivity contribution in [2.24, 2.45) is 4.76 Å². The molecule has 0 fully saturated rings. The fourth-order valence-corrected chi connectivity index (χ4v) is 3.38. The summed E-state index contributed by atoms with van der Waals surface area (Å²) in [4.78, 5) is 25.8. The van der Waals surface area contributed by atoms with Crippen molar-refractivity contribution in [1.82, 2.24) is 8.94 Å². The molecule has 0 radical (unpaired) electrons. The Hall–Kier alpha value is -2.05. The lowest BCUT2D eigenvalue weighted by atomic mass is 10.2. The first-order valence-electron chi connectivity index (χ1n) is 6.32. The van der Waals surface area contributed by atoms with Crippen molar-refractivity contribution >= 4 is 19.3 Å². The zero-order chi connectivity index (χ0) is 15.6. The molecular formula is C14H10N3O3PS-2. The molecular weight excluding hydrogens is 321 g/mol. The van der Waals surface area contributed by atoms with Gasteiger partial charge in [0.1, 0.15) is 0 Å². The molecule has 0 atom stereocenters. The predicted octanol–water partition coefficient (Wildman–Crippen LogP) is 1.33. The SMILES string of the molecule is O=P([O-])([O-])N=c1nc(-c2ccccc2)n(-c2ccccc2)s1. The molecule has 2 aromatic carbocycles. The molecule has 0 aliphatic heterocycles. The van der Waals surface area contributed by atoms with Crippen LogP contribution in [0.3, 0.4) is 0 Å². The van der Waals surface area contributed by atoms with E-state index in [1.165, 1.54) is 0 Å². The monoisotopic (exact) mass is 331 g/mol. The van der Waals surface area contributed by atoms with Crippen LogP contribution in [0.4, 0.5) is 0 Å². The summed E-state index contributed by atoms with van der Waals surface area (Å²) in [5.41, 5.74) is 1.61. The van der Waals surface area contributed by atoms with E-state index in [9.17, 15) is 14.4 Å². The van der Waals surface area contributed by atoms with Gasteiger partial charge in [0.15, 0.2) is 5.82 Å². The Balaban J connectivity index is 2.24. The number of rotatable bonds is 3. The molecule has 22 heavy (non-hydrogen) atoms. The van der Waals surface area contributed by atoms with Crippen LogP contribution in [0.25, 0.3) is 17.1 Å². The third kappa shape index (κ3) is 3.40. The number of hydrogen-bond donors (Lipinski definition) is 0. The Bertz CT molecular complexity index is 824. The minimum atomic E-state index is -5.02. The van der Waals surface area contributed by atoms with Crippen molar-refractivity contribution in [1.29, 1.82) is 0 Å². The van der Waals surface area contributed by atoms with Crippen LogP contribution < -0.4 is 14.6 Å². The second-order valence-corrected chi connectivity index (χ2v) is 6.42. The minimum Gasteiger partial charge on any atom is -0.793 e. The van der Waals surface area contributed by atoms with Gasteiger partial charge >= 0.3 is 0 Å². The van der Waals surface area contributed by atoms with Gasteiger partial charge in [-0.15, -0.1) is 0 Å². The van der Waals surface area contributed by atoms with E-state index in [0.717, 1.165) is 22.8 Å². The lowest BCUT2D eigenvalue weighted by Crippen LogP contribution is -2.14. The molecule has 0 saturated heterocycles. The van der Waals surface area contributed by atoms with Crippen LogP contribution in [-0.2, 0) is 4.57 Å². The van der Waals surface area contributed by atoms with Gasteiger partial charge in [0.05, 0.1) is 13.4 Å². The molecule has 8 heteroatoms. The summed E-state index contributed by atoms with van der Waals surface area (Å²) in [7, 11) is -5.02. The number of benzene rings is 2. The number of nitrogens with zero attached hydrogens (tertiary/aromatic N) is 3. The minimum absolute atomic E-state index is 0.0870. The van der Waals surface area contributed by atoms with Gasteiger partial charge in [0.25, 0.3) is 0 Å². The van der Waals surface area contributed by atoms with Gasteiger partial charge in [-0.2, -0.15) is 4.98 Å². The highest BCUT2D eigenvalue weighted by Crippen LogP contribution is 2.25. The van der Waals surface area contributed by atoms with Gasteiger partial charge in [-0.25, -0.2) is 8.72 Å². The van der Waals surface area contributed by atoms with Crippen LogP contribution in [0.5, 0.6) is 0 Å². The molecule has 0 amide bonds. The summed E-state index contributed by atoms with van der Waals surface area (Å²) in [6.07, 6.45) is 0. The first-order chi connectivity index (χ1) is 10.5. The third-order valence-corrected chi connectivity index (χ3v) is 4.28. The Morgan fingerprint density at radius 3 is 2.18 bits per heavy atom. The van der Waals surface area contributed by atoms with E-state index in [-0.39, 0.29) is 4.80 Å². The van der Waals surface area contributed by atoms with Crippen molar-refractivity contribution in [2.45, 2.75) is 0 Å². The van der Waals surface area contributed by atoms with Crippen LogP contribution in [0.15, 0.2) is 65.4 Å². The van der Waals surface area contributed by atoms with E-state index in [4.69, 9.17) is 0 Å². The summed E-state index contributed by atoms with van der Waals surface area (Å²) in [6.45, 7) is 0. The Morgan fingerprint density at radius 1 is 1.00 bits per heavy atom. The molecule has 3 rings (SSSR count). The molecule has 0 aliphatic carbocycles. The average molecular weight is 331 g/mol. The second-order valence-electron chi connectivity index (χ2n) is 4.37. The highest BCUT2D eigenvalue weighted by atomic mass is 32.1. The van der Waals surface area contributed by atoms with E-state index in [1.54, 1.807) is 3.96 Å². The second kappa shape index (κ2) is 5.98.